The lowest BCUT2D eigenvalue weighted by Gasteiger charge is -2.31. The van der Waals surface area contributed by atoms with Gasteiger partial charge in [0, 0.05) is 31.1 Å². The molecule has 2 amide bonds. The summed E-state index contributed by atoms with van der Waals surface area (Å²) in [4.78, 5) is 26.5. The molecule has 1 aliphatic heterocycles. The van der Waals surface area contributed by atoms with Gasteiger partial charge in [-0.05, 0) is 55.7 Å². The summed E-state index contributed by atoms with van der Waals surface area (Å²) in [5, 5.41) is 2.96. The number of piperidine rings is 1. The van der Waals surface area contributed by atoms with E-state index in [1.165, 1.54) is 24.3 Å². The molecule has 0 aromatic heterocycles. The molecule has 0 aliphatic carbocycles. The van der Waals surface area contributed by atoms with E-state index in [0.717, 1.165) is 12.2 Å². The fourth-order valence-corrected chi connectivity index (χ4v) is 3.25. The Morgan fingerprint density at radius 2 is 1.71 bits per heavy atom. The maximum absolute atomic E-state index is 13.0. The monoisotopic (exact) mass is 384 g/mol. The molecule has 28 heavy (non-hydrogen) atoms. The third-order valence-corrected chi connectivity index (χ3v) is 4.88. The number of likely N-dealkylation sites (tertiary alicyclic amines) is 1. The van der Waals surface area contributed by atoms with E-state index in [-0.39, 0.29) is 23.5 Å². The van der Waals surface area contributed by atoms with Gasteiger partial charge in [0.25, 0.3) is 5.91 Å². The molecule has 3 rings (SSSR count). The molecule has 6 heteroatoms. The summed E-state index contributed by atoms with van der Waals surface area (Å²) in [6, 6.07) is 15.1. The van der Waals surface area contributed by atoms with Crippen molar-refractivity contribution >= 4 is 11.8 Å². The van der Waals surface area contributed by atoms with E-state index in [0.29, 0.717) is 44.6 Å². The minimum atomic E-state index is -0.360. The minimum Gasteiger partial charge on any atom is -0.494 e. The first-order chi connectivity index (χ1) is 13.6. The zero-order valence-electron chi connectivity index (χ0n) is 15.8. The number of carbonyl (C=O) groups is 2. The summed E-state index contributed by atoms with van der Waals surface area (Å²) < 4.78 is 18.6. The molecule has 0 bridgehead atoms. The number of para-hydroxylation sites is 1. The van der Waals surface area contributed by atoms with Gasteiger partial charge in [0.2, 0.25) is 5.91 Å². The Hall–Kier alpha value is -2.89. The average Bonchev–Trinajstić information content (AvgIpc) is 2.74. The average molecular weight is 384 g/mol. The van der Waals surface area contributed by atoms with Gasteiger partial charge >= 0.3 is 0 Å². The number of hydrogen-bond acceptors (Lipinski definition) is 3. The van der Waals surface area contributed by atoms with E-state index in [9.17, 15) is 14.0 Å². The van der Waals surface area contributed by atoms with Gasteiger partial charge in [0.1, 0.15) is 11.6 Å². The molecule has 1 heterocycles. The van der Waals surface area contributed by atoms with Crippen LogP contribution >= 0.6 is 0 Å². The van der Waals surface area contributed by atoms with Gasteiger partial charge in [-0.3, -0.25) is 9.59 Å². The maximum atomic E-state index is 13.0. The first kappa shape index (κ1) is 19.9. The molecule has 148 valence electrons. The first-order valence-corrected chi connectivity index (χ1v) is 9.64. The number of benzene rings is 2. The number of ether oxygens (including phenoxy) is 1. The largest absolute Gasteiger partial charge is 0.494 e. The highest BCUT2D eigenvalue weighted by molar-refractivity contribution is 5.94. The van der Waals surface area contributed by atoms with Crippen molar-refractivity contribution in [2.24, 2.45) is 5.92 Å². The van der Waals surface area contributed by atoms with Gasteiger partial charge in [-0.25, -0.2) is 4.39 Å². The zero-order chi connectivity index (χ0) is 19.8. The van der Waals surface area contributed by atoms with Gasteiger partial charge in [0.15, 0.2) is 0 Å². The quantitative estimate of drug-likeness (QED) is 0.746. The number of hydrogen-bond donors (Lipinski definition) is 1. The van der Waals surface area contributed by atoms with E-state index in [1.54, 1.807) is 4.90 Å². The van der Waals surface area contributed by atoms with Crippen molar-refractivity contribution in [3.05, 3.63) is 66.0 Å². The van der Waals surface area contributed by atoms with Gasteiger partial charge in [-0.1, -0.05) is 18.2 Å². The van der Waals surface area contributed by atoms with E-state index in [2.05, 4.69) is 5.32 Å². The number of halogens is 1. The Balaban J connectivity index is 1.34. The van der Waals surface area contributed by atoms with Crippen LogP contribution in [0.1, 0.15) is 29.6 Å². The van der Waals surface area contributed by atoms with Crippen LogP contribution in [0.25, 0.3) is 0 Å². The van der Waals surface area contributed by atoms with Crippen LogP contribution in [0.2, 0.25) is 0 Å². The van der Waals surface area contributed by atoms with Crippen LogP contribution in [0.3, 0.4) is 0 Å². The second-order valence-electron chi connectivity index (χ2n) is 6.88. The summed E-state index contributed by atoms with van der Waals surface area (Å²) in [6.45, 7) is 2.19. The molecule has 0 unspecified atom stereocenters. The van der Waals surface area contributed by atoms with Crippen LogP contribution < -0.4 is 10.1 Å². The molecule has 0 radical (unpaired) electrons. The highest BCUT2D eigenvalue weighted by Crippen LogP contribution is 2.19. The lowest BCUT2D eigenvalue weighted by Crippen LogP contribution is -2.43. The van der Waals surface area contributed by atoms with E-state index < -0.39 is 0 Å². The number of amides is 2. The van der Waals surface area contributed by atoms with Gasteiger partial charge in [-0.15, -0.1) is 0 Å². The molecular formula is C22H25FN2O3. The van der Waals surface area contributed by atoms with Crippen molar-refractivity contribution < 1.29 is 18.7 Å². The van der Waals surface area contributed by atoms with Crippen molar-refractivity contribution in [2.75, 3.05) is 26.2 Å². The standard InChI is InChI=1S/C22H25FN2O3/c23-19-9-7-18(8-10-19)22(27)25-14-11-17(12-15-25)21(26)24-13-4-16-28-20-5-2-1-3-6-20/h1-3,5-10,17H,4,11-16H2,(H,24,26). The molecule has 2 aromatic carbocycles. The van der Waals surface area contributed by atoms with Crippen LogP contribution in [0.5, 0.6) is 5.75 Å². The molecule has 1 fully saturated rings. The van der Waals surface area contributed by atoms with Crippen LogP contribution in [-0.2, 0) is 4.79 Å². The minimum absolute atomic E-state index is 0.0357. The van der Waals surface area contributed by atoms with Crippen molar-refractivity contribution in [2.45, 2.75) is 19.3 Å². The number of nitrogens with zero attached hydrogens (tertiary/aromatic N) is 1. The van der Waals surface area contributed by atoms with E-state index in [4.69, 9.17) is 4.74 Å². The van der Waals surface area contributed by atoms with Crippen molar-refractivity contribution in [1.82, 2.24) is 10.2 Å². The molecule has 0 atom stereocenters. The van der Waals surface area contributed by atoms with Gasteiger partial charge in [0.05, 0.1) is 6.61 Å². The van der Waals surface area contributed by atoms with Crippen molar-refractivity contribution in [3.63, 3.8) is 0 Å². The molecule has 5 nitrogen and oxygen atoms in total. The Kier molecular flexibility index (Phi) is 7.00. The maximum Gasteiger partial charge on any atom is 0.253 e. The smallest absolute Gasteiger partial charge is 0.253 e. The summed E-state index contributed by atoms with van der Waals surface area (Å²) in [7, 11) is 0. The normalized spacial score (nSPS) is 14.5. The van der Waals surface area contributed by atoms with Crippen LogP contribution in [-0.4, -0.2) is 43.0 Å². The molecule has 2 aromatic rings. The predicted molar refractivity (Wildman–Crippen MR) is 105 cm³/mol. The number of rotatable bonds is 7. The number of carbonyl (C=O) groups excluding carboxylic acids is 2. The highest BCUT2D eigenvalue weighted by Gasteiger charge is 2.27. The summed E-state index contributed by atoms with van der Waals surface area (Å²) in [5.41, 5.74) is 0.475. The predicted octanol–water partition coefficient (Wildman–Crippen LogP) is 3.26. The topological polar surface area (TPSA) is 58.6 Å². The SMILES string of the molecule is O=C(NCCCOc1ccccc1)C1CCN(C(=O)c2ccc(F)cc2)CC1. The molecule has 0 spiro atoms. The van der Waals surface area contributed by atoms with Crippen LogP contribution in [0.15, 0.2) is 54.6 Å². The Labute approximate surface area is 164 Å². The van der Waals surface area contributed by atoms with Crippen molar-refractivity contribution in [1.29, 1.82) is 0 Å². The lowest BCUT2D eigenvalue weighted by atomic mass is 9.95. The van der Waals surface area contributed by atoms with Crippen molar-refractivity contribution in [3.8, 4) is 5.75 Å². The second-order valence-corrected chi connectivity index (χ2v) is 6.88. The van der Waals surface area contributed by atoms with Crippen LogP contribution in [0, 0.1) is 11.7 Å². The molecule has 0 saturated carbocycles. The third-order valence-electron chi connectivity index (χ3n) is 4.88. The molecular weight excluding hydrogens is 359 g/mol. The zero-order valence-corrected chi connectivity index (χ0v) is 15.8. The lowest BCUT2D eigenvalue weighted by molar-refractivity contribution is -0.126. The summed E-state index contributed by atoms with van der Waals surface area (Å²) in [5.74, 6) is 0.311. The summed E-state index contributed by atoms with van der Waals surface area (Å²) >= 11 is 0. The Morgan fingerprint density at radius 3 is 2.39 bits per heavy atom. The van der Waals surface area contributed by atoms with Gasteiger partial charge < -0.3 is 15.0 Å². The molecule has 1 aliphatic rings. The Bertz CT molecular complexity index is 772. The number of nitrogens with one attached hydrogen (secondary N) is 1. The summed E-state index contributed by atoms with van der Waals surface area (Å²) in [6.07, 6.45) is 2.01. The second kappa shape index (κ2) is 9.88. The molecule has 1 N–H and O–H groups in total. The van der Waals surface area contributed by atoms with Crippen LogP contribution in [0.4, 0.5) is 4.39 Å². The fourth-order valence-electron chi connectivity index (χ4n) is 3.25. The fraction of sp³-hybridized carbons (Fsp3) is 0.364. The Morgan fingerprint density at radius 1 is 1.04 bits per heavy atom. The first-order valence-electron chi connectivity index (χ1n) is 9.64. The highest BCUT2D eigenvalue weighted by atomic mass is 19.1. The van der Waals surface area contributed by atoms with E-state index >= 15 is 0 Å². The molecule has 1 saturated heterocycles. The third kappa shape index (κ3) is 5.55. The van der Waals surface area contributed by atoms with Gasteiger partial charge in [-0.2, -0.15) is 0 Å². The van der Waals surface area contributed by atoms with E-state index in [1.807, 2.05) is 30.3 Å².